The summed E-state index contributed by atoms with van der Waals surface area (Å²) in [7, 11) is 1.70. The second kappa shape index (κ2) is 12.1. The van der Waals surface area contributed by atoms with Gasteiger partial charge in [-0.25, -0.2) is 4.98 Å². The third-order valence-electron chi connectivity index (χ3n) is 5.31. The van der Waals surface area contributed by atoms with Crippen molar-refractivity contribution >= 4 is 41.5 Å². The number of piperazine rings is 1. The van der Waals surface area contributed by atoms with Gasteiger partial charge >= 0.3 is 0 Å². The Morgan fingerprint density at radius 3 is 2.41 bits per heavy atom. The topological polar surface area (TPSA) is 86.0 Å². The van der Waals surface area contributed by atoms with Crippen molar-refractivity contribution in [2.75, 3.05) is 44.7 Å². The predicted molar refractivity (Wildman–Crippen MR) is 139 cm³/mol. The van der Waals surface area contributed by atoms with E-state index in [1.807, 2.05) is 23.1 Å². The van der Waals surface area contributed by atoms with Gasteiger partial charge in [-0.2, -0.15) is 0 Å². The molecule has 3 rings (SSSR count). The van der Waals surface area contributed by atoms with E-state index in [9.17, 15) is 4.79 Å². The van der Waals surface area contributed by atoms with Gasteiger partial charge in [0.2, 0.25) is 11.8 Å². The Morgan fingerprint density at radius 1 is 1.12 bits per heavy atom. The van der Waals surface area contributed by atoms with Crippen molar-refractivity contribution in [2.45, 2.75) is 39.2 Å². The molecule has 1 aliphatic rings. The molecule has 9 heteroatoms. The summed E-state index contributed by atoms with van der Waals surface area (Å²) in [6.45, 7) is 10.4. The minimum absolute atomic E-state index is 0. The standard InChI is InChI=1S/C23H34N6O2.HI/c1-23(2,3)19-16-26-20(31-19)17-27-22(24-4)25-11-10-21(30)29-14-12-28(13-15-29)18-8-6-5-7-9-18;/h5-9,16H,10-15,17H2,1-4H3,(H2,24,25,27);1H. The summed E-state index contributed by atoms with van der Waals surface area (Å²) in [5.74, 6) is 2.25. The second-order valence-corrected chi connectivity index (χ2v) is 8.67. The molecule has 1 amide bonds. The highest BCUT2D eigenvalue weighted by atomic mass is 127. The Bertz CT molecular complexity index is 870. The first-order valence-corrected chi connectivity index (χ1v) is 10.8. The van der Waals surface area contributed by atoms with Gasteiger partial charge in [-0.15, -0.1) is 24.0 Å². The molecule has 0 bridgehead atoms. The van der Waals surface area contributed by atoms with Crippen molar-refractivity contribution in [2.24, 2.45) is 4.99 Å². The van der Waals surface area contributed by atoms with Crippen LogP contribution in [0.4, 0.5) is 5.69 Å². The van der Waals surface area contributed by atoms with E-state index in [0.717, 1.165) is 31.9 Å². The molecule has 2 N–H and O–H groups in total. The van der Waals surface area contributed by atoms with Crippen molar-refractivity contribution < 1.29 is 9.21 Å². The number of anilines is 1. The number of para-hydroxylation sites is 1. The first-order chi connectivity index (χ1) is 14.9. The van der Waals surface area contributed by atoms with Crippen LogP contribution in [0.3, 0.4) is 0 Å². The number of nitrogens with one attached hydrogen (secondary N) is 2. The Balaban J connectivity index is 0.00000363. The fourth-order valence-corrected chi connectivity index (χ4v) is 3.42. The molecule has 0 atom stereocenters. The number of nitrogens with zero attached hydrogens (tertiary/aromatic N) is 4. The molecule has 2 aromatic rings. The molecule has 2 heterocycles. The van der Waals surface area contributed by atoms with Crippen molar-refractivity contribution in [1.82, 2.24) is 20.5 Å². The van der Waals surface area contributed by atoms with Gasteiger partial charge in [0.25, 0.3) is 0 Å². The minimum atomic E-state index is -0.0713. The van der Waals surface area contributed by atoms with Crippen LogP contribution >= 0.6 is 24.0 Å². The zero-order valence-electron chi connectivity index (χ0n) is 19.4. The van der Waals surface area contributed by atoms with Crippen LogP contribution in [0.5, 0.6) is 0 Å². The first-order valence-electron chi connectivity index (χ1n) is 10.8. The van der Waals surface area contributed by atoms with Crippen LogP contribution in [0.1, 0.15) is 38.8 Å². The number of aliphatic imine (C=N–C) groups is 1. The molecule has 1 aromatic heterocycles. The van der Waals surface area contributed by atoms with Gasteiger partial charge in [-0.1, -0.05) is 39.0 Å². The molecule has 0 radical (unpaired) electrons. The lowest BCUT2D eigenvalue weighted by atomic mass is 9.94. The van der Waals surface area contributed by atoms with Crippen molar-refractivity contribution in [3.8, 4) is 0 Å². The van der Waals surface area contributed by atoms with Crippen molar-refractivity contribution in [3.05, 3.63) is 48.2 Å². The summed E-state index contributed by atoms with van der Waals surface area (Å²) in [5, 5.41) is 6.37. The monoisotopic (exact) mass is 554 g/mol. The van der Waals surface area contributed by atoms with Crippen molar-refractivity contribution in [3.63, 3.8) is 0 Å². The lowest BCUT2D eigenvalue weighted by Crippen LogP contribution is -2.49. The lowest BCUT2D eigenvalue weighted by Gasteiger charge is -2.36. The van der Waals surface area contributed by atoms with Crippen molar-refractivity contribution in [1.29, 1.82) is 0 Å². The fourth-order valence-electron chi connectivity index (χ4n) is 3.42. The molecule has 8 nitrogen and oxygen atoms in total. The maximum Gasteiger partial charge on any atom is 0.224 e. The lowest BCUT2D eigenvalue weighted by molar-refractivity contribution is -0.131. The normalized spacial score (nSPS) is 14.7. The number of hydrogen-bond donors (Lipinski definition) is 2. The number of amides is 1. The summed E-state index contributed by atoms with van der Waals surface area (Å²) in [5.41, 5.74) is 1.14. The zero-order valence-corrected chi connectivity index (χ0v) is 21.8. The van der Waals surface area contributed by atoms with E-state index in [1.54, 1.807) is 13.2 Å². The van der Waals surface area contributed by atoms with Gasteiger partial charge in [0.1, 0.15) is 5.76 Å². The number of aromatic nitrogens is 1. The first kappa shape index (κ1) is 26.0. The molecule has 1 fully saturated rings. The quantitative estimate of drug-likeness (QED) is 0.325. The summed E-state index contributed by atoms with van der Waals surface area (Å²) in [4.78, 5) is 25.3. The third kappa shape index (κ3) is 7.39. The van der Waals surface area contributed by atoms with E-state index in [4.69, 9.17) is 4.42 Å². The summed E-state index contributed by atoms with van der Waals surface area (Å²) >= 11 is 0. The highest BCUT2D eigenvalue weighted by molar-refractivity contribution is 14.0. The molecule has 32 heavy (non-hydrogen) atoms. The highest BCUT2D eigenvalue weighted by Crippen LogP contribution is 2.22. The second-order valence-electron chi connectivity index (χ2n) is 8.67. The van der Waals surface area contributed by atoms with E-state index >= 15 is 0 Å². The summed E-state index contributed by atoms with van der Waals surface area (Å²) in [6.07, 6.45) is 2.20. The van der Waals surface area contributed by atoms with Gasteiger partial charge in [0, 0.05) is 57.3 Å². The van der Waals surface area contributed by atoms with Gasteiger partial charge in [-0.05, 0) is 12.1 Å². The number of hydrogen-bond acceptors (Lipinski definition) is 5. The van der Waals surface area contributed by atoms with E-state index < -0.39 is 0 Å². The van der Waals surface area contributed by atoms with Crippen LogP contribution in [0.2, 0.25) is 0 Å². The largest absolute Gasteiger partial charge is 0.443 e. The third-order valence-corrected chi connectivity index (χ3v) is 5.31. The van der Waals surface area contributed by atoms with Crippen LogP contribution in [-0.4, -0.2) is 61.5 Å². The Hall–Kier alpha value is -2.30. The molecular weight excluding hydrogens is 519 g/mol. The Labute approximate surface area is 207 Å². The fraction of sp³-hybridized carbons (Fsp3) is 0.522. The highest BCUT2D eigenvalue weighted by Gasteiger charge is 2.21. The Kier molecular flexibility index (Phi) is 9.80. The van der Waals surface area contributed by atoms with E-state index in [2.05, 4.69) is 58.4 Å². The van der Waals surface area contributed by atoms with Gasteiger partial charge in [0.15, 0.2) is 5.96 Å². The van der Waals surface area contributed by atoms with Gasteiger partial charge < -0.3 is 24.9 Å². The molecule has 0 aliphatic carbocycles. The average molecular weight is 554 g/mol. The van der Waals surface area contributed by atoms with Gasteiger partial charge in [0.05, 0.1) is 12.7 Å². The van der Waals surface area contributed by atoms with Crippen LogP contribution < -0.4 is 15.5 Å². The van der Waals surface area contributed by atoms with E-state index in [0.29, 0.717) is 31.4 Å². The number of halogens is 1. The molecule has 0 saturated carbocycles. The number of carbonyl (C=O) groups excluding carboxylic acids is 1. The molecule has 1 aromatic carbocycles. The van der Waals surface area contributed by atoms with E-state index in [-0.39, 0.29) is 35.3 Å². The number of benzene rings is 1. The number of guanidine groups is 1. The number of rotatable bonds is 6. The summed E-state index contributed by atoms with van der Waals surface area (Å²) < 4.78 is 5.78. The van der Waals surface area contributed by atoms with Crippen LogP contribution in [0.15, 0.2) is 45.9 Å². The molecule has 1 aliphatic heterocycles. The molecule has 0 unspecified atom stereocenters. The predicted octanol–water partition coefficient (Wildman–Crippen LogP) is 2.99. The van der Waals surface area contributed by atoms with E-state index in [1.165, 1.54) is 5.69 Å². The zero-order chi connectivity index (χ0) is 22.3. The smallest absolute Gasteiger partial charge is 0.224 e. The molecule has 0 spiro atoms. The van der Waals surface area contributed by atoms with Crippen LogP contribution in [-0.2, 0) is 16.8 Å². The number of carbonyl (C=O) groups is 1. The Morgan fingerprint density at radius 2 is 1.81 bits per heavy atom. The number of oxazole rings is 1. The summed E-state index contributed by atoms with van der Waals surface area (Å²) in [6, 6.07) is 10.3. The maximum atomic E-state index is 12.6. The van der Waals surface area contributed by atoms with Crippen LogP contribution in [0.25, 0.3) is 0 Å². The van der Waals surface area contributed by atoms with Gasteiger partial charge in [-0.3, -0.25) is 9.79 Å². The minimum Gasteiger partial charge on any atom is -0.443 e. The molecule has 176 valence electrons. The molecule has 1 saturated heterocycles. The van der Waals surface area contributed by atoms with Crippen LogP contribution in [0, 0.1) is 0 Å². The maximum absolute atomic E-state index is 12.6. The SMILES string of the molecule is CN=C(NCCC(=O)N1CCN(c2ccccc2)CC1)NCc1ncc(C(C)(C)C)o1.I. The molecular formula is C23H35IN6O2. The average Bonchev–Trinajstić information content (AvgIpc) is 3.26.